The highest BCUT2D eigenvalue weighted by Gasteiger charge is 2.33. The third kappa shape index (κ3) is 4.37. The number of hydrogen-bond donors (Lipinski definition) is 0. The number of carbonyl (C=O) groups is 1. The predicted molar refractivity (Wildman–Crippen MR) is 139 cm³/mol. The summed E-state index contributed by atoms with van der Waals surface area (Å²) in [7, 11) is 0. The van der Waals surface area contributed by atoms with Gasteiger partial charge in [-0.2, -0.15) is 0 Å². The monoisotopic (exact) mass is 469 g/mol. The highest BCUT2D eigenvalue weighted by Crippen LogP contribution is 2.37. The van der Waals surface area contributed by atoms with Gasteiger partial charge in [-0.1, -0.05) is 56.0 Å². The Morgan fingerprint density at radius 1 is 1.12 bits per heavy atom. The van der Waals surface area contributed by atoms with Crippen LogP contribution in [0.1, 0.15) is 52.0 Å². The van der Waals surface area contributed by atoms with Crippen molar-refractivity contribution in [1.82, 2.24) is 9.47 Å². The van der Waals surface area contributed by atoms with Crippen LogP contribution in [-0.2, 0) is 11.3 Å². The molecule has 0 bridgehead atoms. The van der Waals surface area contributed by atoms with E-state index in [0.29, 0.717) is 33.8 Å². The zero-order valence-electron chi connectivity index (χ0n) is 19.1. The largest absolute Gasteiger partial charge is 0.370 e. The Balaban J connectivity index is 1.86. The second kappa shape index (κ2) is 9.79. The number of anilines is 1. The number of aryl methyl sites for hydroxylation is 1. The number of piperidine rings is 1. The van der Waals surface area contributed by atoms with Crippen molar-refractivity contribution >= 4 is 56.9 Å². The molecule has 1 aromatic heterocycles. The van der Waals surface area contributed by atoms with Crippen LogP contribution in [0.2, 0.25) is 0 Å². The van der Waals surface area contributed by atoms with Gasteiger partial charge in [0.1, 0.15) is 4.32 Å². The summed E-state index contributed by atoms with van der Waals surface area (Å²) in [6, 6.07) is 8.11. The van der Waals surface area contributed by atoms with Gasteiger partial charge in [-0.3, -0.25) is 14.5 Å². The van der Waals surface area contributed by atoms with Gasteiger partial charge in [0.05, 0.1) is 21.7 Å². The number of benzene rings is 1. The molecule has 0 spiro atoms. The summed E-state index contributed by atoms with van der Waals surface area (Å²) >= 11 is 6.83. The molecule has 2 saturated heterocycles. The third-order valence-corrected chi connectivity index (χ3v) is 7.63. The maximum Gasteiger partial charge on any atom is 0.266 e. The highest BCUT2D eigenvalue weighted by molar-refractivity contribution is 8.26. The molecule has 7 heteroatoms. The van der Waals surface area contributed by atoms with Gasteiger partial charge in [-0.05, 0) is 50.7 Å². The Kier molecular flexibility index (Phi) is 7.05. The smallest absolute Gasteiger partial charge is 0.266 e. The number of carbonyl (C=O) groups excluding carboxylic acids is 1. The van der Waals surface area contributed by atoms with Crippen LogP contribution in [-0.4, -0.2) is 39.3 Å². The first-order valence-electron chi connectivity index (χ1n) is 11.6. The average Bonchev–Trinajstić information content (AvgIpc) is 3.05. The van der Waals surface area contributed by atoms with Crippen LogP contribution in [0.25, 0.3) is 17.0 Å². The molecule has 1 aromatic carbocycles. The van der Waals surface area contributed by atoms with Crippen LogP contribution < -0.4 is 10.5 Å². The van der Waals surface area contributed by atoms with Crippen molar-refractivity contribution in [3.05, 3.63) is 45.1 Å². The molecule has 2 aliphatic rings. The summed E-state index contributed by atoms with van der Waals surface area (Å²) in [5.41, 5.74) is 2.47. The van der Waals surface area contributed by atoms with Crippen LogP contribution in [0.15, 0.2) is 34.0 Å². The minimum atomic E-state index is -0.0825. The maximum atomic E-state index is 13.7. The van der Waals surface area contributed by atoms with E-state index in [-0.39, 0.29) is 11.5 Å². The molecule has 2 aliphatic heterocycles. The lowest BCUT2D eigenvalue weighted by molar-refractivity contribution is -0.122. The summed E-state index contributed by atoms with van der Waals surface area (Å²) in [6.07, 6.45) is 6.14. The number of thioether (sulfide) groups is 1. The number of rotatable bonds is 6. The Morgan fingerprint density at radius 2 is 1.84 bits per heavy atom. The van der Waals surface area contributed by atoms with Gasteiger partial charge in [0.15, 0.2) is 0 Å². The summed E-state index contributed by atoms with van der Waals surface area (Å²) in [5.74, 6) is 0.410. The van der Waals surface area contributed by atoms with Gasteiger partial charge in [0, 0.05) is 31.6 Å². The minimum absolute atomic E-state index is 0.0424. The van der Waals surface area contributed by atoms with Gasteiger partial charge in [0.2, 0.25) is 0 Å². The van der Waals surface area contributed by atoms with E-state index < -0.39 is 0 Å². The number of amides is 1. The van der Waals surface area contributed by atoms with Crippen molar-refractivity contribution in [1.29, 1.82) is 0 Å². The van der Waals surface area contributed by atoms with Gasteiger partial charge < -0.3 is 9.47 Å². The molecule has 1 amide bonds. The van der Waals surface area contributed by atoms with Crippen LogP contribution in [0.3, 0.4) is 0 Å². The molecule has 0 aliphatic carbocycles. The van der Waals surface area contributed by atoms with Crippen molar-refractivity contribution < 1.29 is 4.79 Å². The standard InChI is InChI=1S/C25H31N3O2S2/c1-4-27-20-11-7-6-10-18(20)22(26-13-8-5-9-14-26)19(23(27)29)16-21-24(30)28(25(31)32-21)15-12-17(2)3/h6-7,10-11,16-17H,4-5,8-9,12-15H2,1-3H3. The Labute approximate surface area is 199 Å². The summed E-state index contributed by atoms with van der Waals surface area (Å²) < 4.78 is 2.40. The lowest BCUT2D eigenvalue weighted by Crippen LogP contribution is -2.34. The van der Waals surface area contributed by atoms with E-state index in [1.54, 1.807) is 11.0 Å². The number of aromatic nitrogens is 1. The molecule has 2 aromatic rings. The van der Waals surface area contributed by atoms with E-state index in [4.69, 9.17) is 12.2 Å². The SMILES string of the molecule is CCn1c(=O)c(C=C2SC(=S)N(CCC(C)C)C2=O)c(N2CCCCC2)c2ccccc21. The lowest BCUT2D eigenvalue weighted by atomic mass is 10.0. The molecule has 0 unspecified atom stereocenters. The van der Waals surface area contributed by atoms with Crippen LogP contribution in [0.5, 0.6) is 0 Å². The fourth-order valence-corrected chi connectivity index (χ4v) is 5.81. The summed E-state index contributed by atoms with van der Waals surface area (Å²) in [5, 5.41) is 1.07. The number of pyridine rings is 1. The van der Waals surface area contributed by atoms with E-state index in [1.807, 2.05) is 29.7 Å². The van der Waals surface area contributed by atoms with E-state index in [0.717, 1.165) is 48.9 Å². The fraction of sp³-hybridized carbons (Fsp3) is 0.480. The zero-order chi connectivity index (χ0) is 22.8. The second-order valence-electron chi connectivity index (χ2n) is 8.89. The first-order valence-corrected chi connectivity index (χ1v) is 12.8. The van der Waals surface area contributed by atoms with Crippen molar-refractivity contribution in [2.75, 3.05) is 24.5 Å². The van der Waals surface area contributed by atoms with E-state index in [1.165, 1.54) is 18.2 Å². The van der Waals surface area contributed by atoms with Crippen LogP contribution in [0, 0.1) is 5.92 Å². The number of hydrogen-bond acceptors (Lipinski definition) is 5. The zero-order valence-corrected chi connectivity index (χ0v) is 20.7. The summed E-state index contributed by atoms with van der Waals surface area (Å²) in [4.78, 5) is 31.4. The molecular weight excluding hydrogens is 438 g/mol. The van der Waals surface area contributed by atoms with E-state index >= 15 is 0 Å². The first kappa shape index (κ1) is 23.1. The number of para-hydroxylation sites is 1. The molecule has 0 atom stereocenters. The molecular formula is C25H31N3O2S2. The molecule has 0 radical (unpaired) electrons. The molecule has 5 nitrogen and oxygen atoms in total. The number of thiocarbonyl (C=S) groups is 1. The van der Waals surface area contributed by atoms with E-state index in [2.05, 4.69) is 24.8 Å². The van der Waals surface area contributed by atoms with Gasteiger partial charge in [0.25, 0.3) is 11.5 Å². The van der Waals surface area contributed by atoms with Gasteiger partial charge in [-0.25, -0.2) is 0 Å². The molecule has 0 N–H and O–H groups in total. The molecule has 4 rings (SSSR count). The Morgan fingerprint density at radius 3 is 2.53 bits per heavy atom. The maximum absolute atomic E-state index is 13.7. The predicted octanol–water partition coefficient (Wildman–Crippen LogP) is 5.26. The quantitative estimate of drug-likeness (QED) is 0.427. The van der Waals surface area contributed by atoms with E-state index in [9.17, 15) is 9.59 Å². The molecule has 0 saturated carbocycles. The normalized spacial score (nSPS) is 18.6. The highest BCUT2D eigenvalue weighted by atomic mass is 32.2. The lowest BCUT2D eigenvalue weighted by Gasteiger charge is -2.31. The topological polar surface area (TPSA) is 45.6 Å². The molecule has 32 heavy (non-hydrogen) atoms. The minimum Gasteiger partial charge on any atom is -0.370 e. The fourth-order valence-electron chi connectivity index (χ4n) is 4.52. The van der Waals surface area contributed by atoms with Gasteiger partial charge in [-0.15, -0.1) is 0 Å². The Hall–Kier alpha value is -2.12. The van der Waals surface area contributed by atoms with Crippen molar-refractivity contribution in [2.24, 2.45) is 5.92 Å². The summed E-state index contributed by atoms with van der Waals surface area (Å²) in [6.45, 7) is 9.32. The number of fused-ring (bicyclic) bond motifs is 1. The van der Waals surface area contributed by atoms with Crippen molar-refractivity contribution in [3.63, 3.8) is 0 Å². The molecule has 3 heterocycles. The van der Waals surface area contributed by atoms with Crippen LogP contribution >= 0.6 is 24.0 Å². The molecule has 170 valence electrons. The van der Waals surface area contributed by atoms with Gasteiger partial charge >= 0.3 is 0 Å². The van der Waals surface area contributed by atoms with Crippen LogP contribution in [0.4, 0.5) is 5.69 Å². The second-order valence-corrected chi connectivity index (χ2v) is 10.6. The number of nitrogens with zero attached hydrogens (tertiary/aromatic N) is 3. The van der Waals surface area contributed by atoms with Crippen molar-refractivity contribution in [3.8, 4) is 0 Å². The molecule has 2 fully saturated rings. The average molecular weight is 470 g/mol. The third-order valence-electron chi connectivity index (χ3n) is 6.25. The first-order chi connectivity index (χ1) is 15.4. The Bertz CT molecular complexity index is 1130. The van der Waals surface area contributed by atoms with Crippen molar-refractivity contribution in [2.45, 2.75) is 53.0 Å².